The molecule has 0 saturated carbocycles. The zero-order valence-electron chi connectivity index (χ0n) is 14.9. The summed E-state index contributed by atoms with van der Waals surface area (Å²) >= 11 is 0. The summed E-state index contributed by atoms with van der Waals surface area (Å²) in [7, 11) is -4.36. The molecule has 0 bridgehead atoms. The van der Waals surface area contributed by atoms with Crippen molar-refractivity contribution in [1.82, 2.24) is 0 Å². The Labute approximate surface area is 142 Å². The zero-order chi connectivity index (χ0) is 17.7. The molecule has 0 aliphatic carbocycles. The molecule has 0 aromatic rings. The molecule has 0 amide bonds. The summed E-state index contributed by atoms with van der Waals surface area (Å²) in [4.78, 5) is 11.6. The summed E-state index contributed by atoms with van der Waals surface area (Å²) in [5, 5.41) is 0. The fraction of sp³-hybridized carbons (Fsp3) is 0.941. The Morgan fingerprint density at radius 1 is 0.913 bits per heavy atom. The smallest absolute Gasteiger partial charge is 0.190 e. The molecule has 138 valence electrons. The predicted octanol–water partition coefficient (Wildman–Crippen LogP) is 2.66. The second-order valence-electron chi connectivity index (χ2n) is 7.00. The quantitative estimate of drug-likeness (QED) is 0.362. The van der Waals surface area contributed by atoms with Gasteiger partial charge in [0.15, 0.2) is 11.8 Å². The number of quaternary nitrogens is 1. The van der Waals surface area contributed by atoms with E-state index in [1.165, 1.54) is 44.9 Å². The van der Waals surface area contributed by atoms with E-state index in [4.69, 9.17) is 0 Å². The topological polar surface area (TPSA) is 102 Å². The van der Waals surface area contributed by atoms with Gasteiger partial charge in [-0.05, 0) is 12.3 Å². The second-order valence-corrected chi connectivity index (χ2v) is 8.45. The predicted molar refractivity (Wildman–Crippen MR) is 91.9 cm³/mol. The van der Waals surface area contributed by atoms with Gasteiger partial charge in [0.1, 0.15) is 10.1 Å². The largest absolute Gasteiger partial charge is 0.748 e. The van der Waals surface area contributed by atoms with Crippen LogP contribution in [-0.2, 0) is 14.9 Å². The lowest BCUT2D eigenvalue weighted by molar-refractivity contribution is -0.396. The van der Waals surface area contributed by atoms with Crippen LogP contribution >= 0.6 is 0 Å². The minimum Gasteiger partial charge on any atom is -0.748 e. The summed E-state index contributed by atoms with van der Waals surface area (Å²) in [6.07, 6.45) is 12.2. The molecule has 0 rings (SSSR count). The Balaban J connectivity index is 3.41. The highest BCUT2D eigenvalue weighted by atomic mass is 32.2. The Kier molecular flexibility index (Phi) is 12.6. The fourth-order valence-corrected chi connectivity index (χ4v) is 3.31. The first-order valence-corrected chi connectivity index (χ1v) is 10.6. The highest BCUT2D eigenvalue weighted by molar-refractivity contribution is 7.85. The monoisotopic (exact) mass is 349 g/mol. The van der Waals surface area contributed by atoms with Crippen LogP contribution in [0.2, 0.25) is 0 Å². The second kappa shape index (κ2) is 12.9. The third-order valence-electron chi connectivity index (χ3n) is 4.07. The third kappa shape index (κ3) is 16.2. The van der Waals surface area contributed by atoms with Crippen molar-refractivity contribution in [1.29, 1.82) is 0 Å². The Bertz CT molecular complexity index is 407. The van der Waals surface area contributed by atoms with E-state index >= 15 is 0 Å². The van der Waals surface area contributed by atoms with Gasteiger partial charge in [-0.2, -0.15) is 0 Å². The SMILES string of the molecule is CC(C)CCCCCCCCCCCC(=O)[C@@H]([NH3+])CS(=O)(=O)[O-]. The molecule has 0 saturated heterocycles. The molecular formula is C17H35NO4S. The van der Waals surface area contributed by atoms with Crippen molar-refractivity contribution in [3.8, 4) is 0 Å². The number of hydrogen-bond donors (Lipinski definition) is 1. The molecule has 0 spiro atoms. The first kappa shape index (κ1) is 22.5. The van der Waals surface area contributed by atoms with Crippen molar-refractivity contribution >= 4 is 15.9 Å². The van der Waals surface area contributed by atoms with E-state index in [0.717, 1.165) is 25.2 Å². The average molecular weight is 350 g/mol. The van der Waals surface area contributed by atoms with Crippen molar-refractivity contribution in [3.05, 3.63) is 0 Å². The molecular weight excluding hydrogens is 314 g/mol. The van der Waals surface area contributed by atoms with Gasteiger partial charge in [0.05, 0.1) is 5.75 Å². The fourth-order valence-electron chi connectivity index (χ4n) is 2.63. The van der Waals surface area contributed by atoms with E-state index in [1.807, 2.05) is 0 Å². The zero-order valence-corrected chi connectivity index (χ0v) is 15.7. The molecule has 5 nitrogen and oxygen atoms in total. The van der Waals surface area contributed by atoms with Gasteiger partial charge < -0.3 is 10.3 Å². The van der Waals surface area contributed by atoms with Crippen molar-refractivity contribution < 1.29 is 23.5 Å². The summed E-state index contributed by atoms with van der Waals surface area (Å²) in [5.74, 6) is -0.0817. The Morgan fingerprint density at radius 2 is 1.35 bits per heavy atom. The maximum absolute atomic E-state index is 11.6. The molecule has 0 aromatic heterocycles. The van der Waals surface area contributed by atoms with Crippen molar-refractivity contribution in [2.24, 2.45) is 5.92 Å². The molecule has 0 aliphatic rings. The standard InChI is InChI=1S/C17H35NO4S/c1-15(2)12-10-8-6-4-3-5-7-9-11-13-17(19)16(18)14-23(20,21)22/h15-16H,3-14,18H2,1-2H3,(H,20,21,22)/t16-/m0/s1. The molecule has 0 unspecified atom stereocenters. The molecule has 23 heavy (non-hydrogen) atoms. The first-order valence-electron chi connectivity index (χ1n) is 9.01. The lowest BCUT2D eigenvalue weighted by Crippen LogP contribution is -2.67. The molecule has 0 aromatic carbocycles. The van der Waals surface area contributed by atoms with Crippen LogP contribution < -0.4 is 5.73 Å². The molecule has 3 N–H and O–H groups in total. The maximum Gasteiger partial charge on any atom is 0.190 e. The molecule has 1 atom stereocenters. The van der Waals surface area contributed by atoms with Crippen molar-refractivity contribution in [2.75, 3.05) is 5.75 Å². The molecule has 0 heterocycles. The molecule has 0 radical (unpaired) electrons. The van der Waals surface area contributed by atoms with Gasteiger partial charge in [0, 0.05) is 6.42 Å². The van der Waals surface area contributed by atoms with Crippen molar-refractivity contribution in [2.45, 2.75) is 90.5 Å². The Morgan fingerprint density at radius 3 is 1.78 bits per heavy atom. The van der Waals surface area contributed by atoms with Crippen LogP contribution in [-0.4, -0.2) is 30.5 Å². The minimum absolute atomic E-state index is 0.213. The van der Waals surface area contributed by atoms with Gasteiger partial charge in [-0.25, -0.2) is 8.42 Å². The van der Waals surface area contributed by atoms with Gasteiger partial charge in [0.2, 0.25) is 0 Å². The highest BCUT2D eigenvalue weighted by Crippen LogP contribution is 2.13. The van der Waals surface area contributed by atoms with E-state index in [1.54, 1.807) is 0 Å². The van der Waals surface area contributed by atoms with Gasteiger partial charge in [-0.1, -0.05) is 71.6 Å². The number of Topliss-reactive ketones (excluding diaryl/α,β-unsaturated/α-hetero) is 1. The average Bonchev–Trinajstić information content (AvgIpc) is 2.42. The molecule has 0 fully saturated rings. The Hall–Kier alpha value is -0.460. The maximum atomic E-state index is 11.6. The number of carbonyl (C=O) groups excluding carboxylic acids is 1. The van der Waals surface area contributed by atoms with Crippen LogP contribution in [0.5, 0.6) is 0 Å². The van der Waals surface area contributed by atoms with Crippen LogP contribution in [0.15, 0.2) is 0 Å². The number of unbranched alkanes of at least 4 members (excludes halogenated alkanes) is 8. The summed E-state index contributed by atoms with van der Waals surface area (Å²) in [6, 6.07) is -0.914. The van der Waals surface area contributed by atoms with Crippen molar-refractivity contribution in [3.63, 3.8) is 0 Å². The first-order chi connectivity index (χ1) is 10.7. The molecule has 6 heteroatoms. The lowest BCUT2D eigenvalue weighted by Gasteiger charge is -2.10. The van der Waals surface area contributed by atoms with E-state index in [2.05, 4.69) is 19.6 Å². The van der Waals surface area contributed by atoms with Crippen LogP contribution in [0.25, 0.3) is 0 Å². The number of rotatable bonds is 15. The summed E-state index contributed by atoms with van der Waals surface area (Å²) < 4.78 is 31.7. The normalized spacial score (nSPS) is 13.4. The number of carbonyl (C=O) groups is 1. The van der Waals surface area contributed by atoms with Gasteiger partial charge in [-0.15, -0.1) is 0 Å². The lowest BCUT2D eigenvalue weighted by atomic mass is 10.0. The van der Waals surface area contributed by atoms with E-state index in [-0.39, 0.29) is 5.78 Å². The van der Waals surface area contributed by atoms with Crippen LogP contribution in [0.4, 0.5) is 0 Å². The van der Waals surface area contributed by atoms with Gasteiger partial charge >= 0.3 is 0 Å². The van der Waals surface area contributed by atoms with Crippen LogP contribution in [0.3, 0.4) is 0 Å². The number of ketones is 1. The summed E-state index contributed by atoms with van der Waals surface area (Å²) in [6.45, 7) is 4.53. The molecule has 0 aliphatic heterocycles. The van der Waals surface area contributed by atoms with E-state index < -0.39 is 21.9 Å². The van der Waals surface area contributed by atoms with Crippen LogP contribution in [0.1, 0.15) is 84.5 Å². The van der Waals surface area contributed by atoms with Gasteiger partial charge in [0.25, 0.3) is 0 Å². The summed E-state index contributed by atoms with van der Waals surface area (Å²) in [5.41, 5.74) is 3.47. The van der Waals surface area contributed by atoms with Gasteiger partial charge in [-0.3, -0.25) is 4.79 Å². The highest BCUT2D eigenvalue weighted by Gasteiger charge is 2.19. The van der Waals surface area contributed by atoms with Crippen LogP contribution in [0, 0.1) is 5.92 Å². The number of hydrogen-bond acceptors (Lipinski definition) is 4. The third-order valence-corrected chi connectivity index (χ3v) is 4.88. The van der Waals surface area contributed by atoms with E-state index in [9.17, 15) is 17.8 Å². The van der Waals surface area contributed by atoms with E-state index in [0.29, 0.717) is 6.42 Å². The minimum atomic E-state index is -4.36.